The molecule has 2 heterocycles. The number of nitrogens with zero attached hydrogens (tertiary/aromatic N) is 2. The second-order valence-electron chi connectivity index (χ2n) is 5.89. The van der Waals surface area contributed by atoms with E-state index in [9.17, 15) is 9.59 Å². The van der Waals surface area contributed by atoms with Gasteiger partial charge in [0.25, 0.3) is 5.91 Å². The fraction of sp³-hybridized carbons (Fsp3) is 0.200. The summed E-state index contributed by atoms with van der Waals surface area (Å²) in [5.41, 5.74) is 0.665. The predicted molar refractivity (Wildman–Crippen MR) is 116 cm³/mol. The fourth-order valence-corrected chi connectivity index (χ4v) is 3.80. The number of carbonyl (C=O) groups is 2. The second-order valence-corrected chi connectivity index (χ2v) is 7.95. The lowest BCUT2D eigenvalue weighted by molar-refractivity contribution is -0.116. The molecule has 7 nitrogen and oxygen atoms in total. The number of anilines is 2. The van der Waals surface area contributed by atoms with Crippen molar-refractivity contribution in [1.82, 2.24) is 10.2 Å². The number of para-hydroxylation sites is 2. The zero-order chi connectivity index (χ0) is 20.5. The predicted octanol–water partition coefficient (Wildman–Crippen LogP) is 4.31. The largest absolute Gasteiger partial charge is 0.495 e. The van der Waals surface area contributed by atoms with Crippen molar-refractivity contribution in [3.8, 4) is 5.75 Å². The molecule has 0 atom stereocenters. The summed E-state index contributed by atoms with van der Waals surface area (Å²) in [6, 6.07) is 14.4. The Kier molecular flexibility index (Phi) is 7.60. The highest BCUT2D eigenvalue weighted by Gasteiger charge is 2.09. The summed E-state index contributed by atoms with van der Waals surface area (Å²) >= 11 is 2.88. The molecule has 0 saturated carbocycles. The van der Waals surface area contributed by atoms with Gasteiger partial charge in [-0.2, -0.15) is 0 Å². The van der Waals surface area contributed by atoms with Gasteiger partial charge in [0.15, 0.2) is 5.82 Å². The Morgan fingerprint density at radius 1 is 1.07 bits per heavy atom. The second kappa shape index (κ2) is 10.6. The van der Waals surface area contributed by atoms with Gasteiger partial charge in [-0.05, 0) is 42.1 Å². The highest BCUT2D eigenvalue weighted by atomic mass is 32.2. The molecule has 0 radical (unpaired) electrons. The minimum absolute atomic E-state index is 0.0622. The Labute approximate surface area is 176 Å². The van der Waals surface area contributed by atoms with Gasteiger partial charge < -0.3 is 15.4 Å². The summed E-state index contributed by atoms with van der Waals surface area (Å²) in [5.74, 6) is 1.51. The van der Waals surface area contributed by atoms with Crippen LogP contribution in [0.2, 0.25) is 0 Å². The number of nitrogens with one attached hydrogen (secondary N) is 2. The number of benzene rings is 1. The summed E-state index contributed by atoms with van der Waals surface area (Å²) in [4.78, 5) is 24.7. The van der Waals surface area contributed by atoms with Gasteiger partial charge in [-0.1, -0.05) is 18.2 Å². The van der Waals surface area contributed by atoms with E-state index >= 15 is 0 Å². The monoisotopic (exact) mass is 428 g/mol. The van der Waals surface area contributed by atoms with Gasteiger partial charge in [-0.25, -0.2) is 0 Å². The van der Waals surface area contributed by atoms with Crippen LogP contribution >= 0.6 is 23.1 Å². The van der Waals surface area contributed by atoms with Crippen molar-refractivity contribution in [2.24, 2.45) is 0 Å². The Hall–Kier alpha value is -2.91. The van der Waals surface area contributed by atoms with Crippen molar-refractivity contribution >= 4 is 46.4 Å². The van der Waals surface area contributed by atoms with Crippen LogP contribution in [0, 0.1) is 0 Å². The molecule has 2 N–H and O–H groups in total. The van der Waals surface area contributed by atoms with Crippen LogP contribution in [0.5, 0.6) is 5.75 Å². The van der Waals surface area contributed by atoms with Crippen LogP contribution in [-0.4, -0.2) is 34.9 Å². The van der Waals surface area contributed by atoms with E-state index in [4.69, 9.17) is 4.74 Å². The van der Waals surface area contributed by atoms with Crippen molar-refractivity contribution in [2.75, 3.05) is 23.5 Å². The third kappa shape index (κ3) is 6.30. The average molecular weight is 429 g/mol. The summed E-state index contributed by atoms with van der Waals surface area (Å²) in [6.45, 7) is 0. The van der Waals surface area contributed by atoms with Gasteiger partial charge >= 0.3 is 0 Å². The number of hydrogen-bond acceptors (Lipinski definition) is 7. The van der Waals surface area contributed by atoms with Crippen molar-refractivity contribution in [1.29, 1.82) is 0 Å². The fourth-order valence-electron chi connectivity index (χ4n) is 2.42. The Morgan fingerprint density at radius 2 is 1.93 bits per heavy atom. The number of carbonyl (C=O) groups excluding carboxylic acids is 2. The highest BCUT2D eigenvalue weighted by Crippen LogP contribution is 2.23. The molecule has 0 aliphatic carbocycles. The molecule has 150 valence electrons. The van der Waals surface area contributed by atoms with E-state index in [1.807, 2.05) is 23.6 Å². The standard InChI is InChI=1S/C20H20N4O3S2/c1-27-15-7-3-2-6-14(15)21-18(25)9-5-13-29-19-11-10-17(23-24-19)22-20(26)16-8-4-12-28-16/h2-4,6-8,10-12H,5,9,13H2,1H3,(H,21,25)(H,22,23,26). The van der Waals surface area contributed by atoms with Crippen molar-refractivity contribution < 1.29 is 14.3 Å². The normalized spacial score (nSPS) is 10.4. The number of hydrogen-bond donors (Lipinski definition) is 2. The summed E-state index contributed by atoms with van der Waals surface area (Å²) in [6.07, 6.45) is 1.09. The van der Waals surface area contributed by atoms with Crippen LogP contribution in [0.1, 0.15) is 22.5 Å². The molecule has 3 aromatic rings. The van der Waals surface area contributed by atoms with Gasteiger partial charge in [0.05, 0.1) is 17.7 Å². The Balaban J connectivity index is 1.39. The van der Waals surface area contributed by atoms with Crippen molar-refractivity contribution in [3.05, 3.63) is 58.8 Å². The molecule has 9 heteroatoms. The SMILES string of the molecule is COc1ccccc1NC(=O)CCCSc1ccc(NC(=O)c2cccs2)nn1. The third-order valence-electron chi connectivity index (χ3n) is 3.81. The molecule has 0 fully saturated rings. The van der Waals surface area contributed by atoms with E-state index in [-0.39, 0.29) is 11.8 Å². The number of thioether (sulfide) groups is 1. The van der Waals surface area contributed by atoms with E-state index in [0.29, 0.717) is 35.0 Å². The molecule has 0 bridgehead atoms. The van der Waals surface area contributed by atoms with Gasteiger partial charge in [-0.15, -0.1) is 33.3 Å². The van der Waals surface area contributed by atoms with Crippen LogP contribution < -0.4 is 15.4 Å². The van der Waals surface area contributed by atoms with E-state index in [1.54, 1.807) is 37.4 Å². The van der Waals surface area contributed by atoms with Gasteiger partial charge in [0, 0.05) is 12.2 Å². The van der Waals surface area contributed by atoms with Gasteiger partial charge in [-0.3, -0.25) is 9.59 Å². The Bertz CT molecular complexity index is 947. The molecule has 2 amide bonds. The first kappa shape index (κ1) is 20.8. The van der Waals surface area contributed by atoms with Crippen molar-refractivity contribution in [3.63, 3.8) is 0 Å². The molecule has 0 saturated heterocycles. The molecular weight excluding hydrogens is 408 g/mol. The number of ether oxygens (including phenoxy) is 1. The lowest BCUT2D eigenvalue weighted by atomic mass is 10.2. The molecule has 1 aromatic carbocycles. The van der Waals surface area contributed by atoms with Crippen LogP contribution in [0.25, 0.3) is 0 Å². The third-order valence-corrected chi connectivity index (χ3v) is 5.68. The maximum atomic E-state index is 12.1. The number of methoxy groups -OCH3 is 1. The molecule has 3 rings (SSSR count). The lowest BCUT2D eigenvalue weighted by Gasteiger charge is -2.09. The molecule has 0 aliphatic rings. The molecule has 0 aliphatic heterocycles. The average Bonchev–Trinajstić information content (AvgIpc) is 3.28. The van der Waals surface area contributed by atoms with E-state index < -0.39 is 0 Å². The van der Waals surface area contributed by atoms with Crippen LogP contribution in [0.4, 0.5) is 11.5 Å². The molecular formula is C20H20N4O3S2. The molecule has 0 spiro atoms. The van der Waals surface area contributed by atoms with Crippen LogP contribution in [0.3, 0.4) is 0 Å². The number of aromatic nitrogens is 2. The first-order valence-corrected chi connectivity index (χ1v) is 10.8. The number of amides is 2. The first-order chi connectivity index (χ1) is 14.2. The molecule has 0 unspecified atom stereocenters. The molecule has 29 heavy (non-hydrogen) atoms. The van der Waals surface area contributed by atoms with E-state index in [1.165, 1.54) is 23.1 Å². The lowest BCUT2D eigenvalue weighted by Crippen LogP contribution is -2.12. The summed E-state index contributed by atoms with van der Waals surface area (Å²) in [5, 5.41) is 16.3. The maximum Gasteiger partial charge on any atom is 0.266 e. The zero-order valence-corrected chi connectivity index (χ0v) is 17.4. The van der Waals surface area contributed by atoms with Gasteiger partial charge in [0.1, 0.15) is 10.8 Å². The van der Waals surface area contributed by atoms with E-state index in [2.05, 4.69) is 20.8 Å². The minimum atomic E-state index is -0.198. The number of thiophene rings is 1. The maximum absolute atomic E-state index is 12.1. The van der Waals surface area contributed by atoms with E-state index in [0.717, 1.165) is 10.8 Å². The summed E-state index contributed by atoms with van der Waals surface area (Å²) < 4.78 is 5.22. The van der Waals surface area contributed by atoms with Crippen LogP contribution in [-0.2, 0) is 4.79 Å². The molecule has 2 aromatic heterocycles. The Morgan fingerprint density at radius 3 is 2.66 bits per heavy atom. The smallest absolute Gasteiger partial charge is 0.266 e. The van der Waals surface area contributed by atoms with Gasteiger partial charge in [0.2, 0.25) is 5.91 Å². The summed E-state index contributed by atoms with van der Waals surface area (Å²) in [7, 11) is 1.57. The number of rotatable bonds is 9. The van der Waals surface area contributed by atoms with Crippen LogP contribution in [0.15, 0.2) is 58.9 Å². The van der Waals surface area contributed by atoms with Crippen molar-refractivity contribution in [2.45, 2.75) is 17.9 Å². The topological polar surface area (TPSA) is 93.2 Å². The zero-order valence-electron chi connectivity index (χ0n) is 15.8. The minimum Gasteiger partial charge on any atom is -0.495 e. The quantitative estimate of drug-likeness (QED) is 0.390. The first-order valence-electron chi connectivity index (χ1n) is 8.90. The highest BCUT2D eigenvalue weighted by molar-refractivity contribution is 7.99.